The molecule has 0 aliphatic heterocycles. The molecule has 1 aromatic rings. The van der Waals surface area contributed by atoms with Gasteiger partial charge < -0.3 is 4.18 Å². The summed E-state index contributed by atoms with van der Waals surface area (Å²) in [5, 5.41) is 0. The first-order valence-electron chi connectivity index (χ1n) is 4.65. The number of hydrogen-bond donors (Lipinski definition) is 0. The second-order valence-electron chi connectivity index (χ2n) is 3.26. The molecule has 0 saturated heterocycles. The summed E-state index contributed by atoms with van der Waals surface area (Å²) >= 11 is 2.15. The molecule has 0 atom stereocenters. The second kappa shape index (κ2) is 5.07. The van der Waals surface area contributed by atoms with E-state index in [4.69, 9.17) is 4.18 Å². The van der Waals surface area contributed by atoms with Gasteiger partial charge in [0.25, 0.3) is 0 Å². The standard InChI is InChI=1S/C11H11IOS/c12-14-13-11-8-4-2-6-9-5-1-3-7-10(9)11/h1,3,5,7-8H,2,4,6H2. The third-order valence-corrected chi connectivity index (χ3v) is 3.17. The van der Waals surface area contributed by atoms with E-state index in [0.717, 1.165) is 18.6 Å². The molecule has 0 N–H and O–H groups in total. The Morgan fingerprint density at radius 2 is 2.14 bits per heavy atom. The predicted molar refractivity (Wildman–Crippen MR) is 70.1 cm³/mol. The molecule has 1 nitrogen and oxygen atoms in total. The lowest BCUT2D eigenvalue weighted by Gasteiger charge is -2.08. The Morgan fingerprint density at radius 1 is 1.29 bits per heavy atom. The lowest BCUT2D eigenvalue weighted by Crippen LogP contribution is -1.90. The zero-order chi connectivity index (χ0) is 9.80. The minimum atomic E-state index is 1.03. The molecule has 0 fully saturated rings. The Balaban J connectivity index is 2.37. The van der Waals surface area contributed by atoms with E-state index in [2.05, 4.69) is 51.5 Å². The van der Waals surface area contributed by atoms with Crippen molar-refractivity contribution in [3.8, 4) is 0 Å². The summed E-state index contributed by atoms with van der Waals surface area (Å²) in [6.07, 6.45) is 5.68. The zero-order valence-corrected chi connectivity index (χ0v) is 10.7. The molecule has 0 heterocycles. The van der Waals surface area contributed by atoms with Crippen molar-refractivity contribution in [1.29, 1.82) is 0 Å². The van der Waals surface area contributed by atoms with Gasteiger partial charge in [-0.15, -0.1) is 0 Å². The summed E-state index contributed by atoms with van der Waals surface area (Å²) in [5.74, 6) is 1.03. The number of hydrogen-bond acceptors (Lipinski definition) is 2. The first-order valence-corrected chi connectivity index (χ1v) is 7.94. The fourth-order valence-corrected chi connectivity index (χ4v) is 2.53. The van der Waals surface area contributed by atoms with Crippen LogP contribution in [0.3, 0.4) is 0 Å². The van der Waals surface area contributed by atoms with Gasteiger partial charge >= 0.3 is 0 Å². The van der Waals surface area contributed by atoms with Crippen molar-refractivity contribution in [2.45, 2.75) is 19.3 Å². The van der Waals surface area contributed by atoms with Gasteiger partial charge in [-0.3, -0.25) is 0 Å². The van der Waals surface area contributed by atoms with Gasteiger partial charge in [-0.1, -0.05) is 24.3 Å². The largest absolute Gasteiger partial charge is 0.415 e. The molecule has 0 amide bonds. The van der Waals surface area contributed by atoms with Crippen molar-refractivity contribution in [1.82, 2.24) is 0 Å². The van der Waals surface area contributed by atoms with Crippen LogP contribution in [0.1, 0.15) is 24.0 Å². The molecule has 2 rings (SSSR count). The molecule has 0 radical (unpaired) electrons. The molecule has 0 bridgehead atoms. The summed E-state index contributed by atoms with van der Waals surface area (Å²) in [6.45, 7) is 0. The second-order valence-corrected chi connectivity index (χ2v) is 4.64. The third kappa shape index (κ3) is 2.25. The van der Waals surface area contributed by atoms with Gasteiger partial charge in [0.2, 0.25) is 0 Å². The van der Waals surface area contributed by atoms with E-state index in [-0.39, 0.29) is 0 Å². The van der Waals surface area contributed by atoms with Crippen LogP contribution in [0, 0.1) is 0 Å². The number of aryl methyl sites for hydroxylation is 1. The average molecular weight is 318 g/mol. The summed E-state index contributed by atoms with van der Waals surface area (Å²) in [7, 11) is 1.38. The number of benzene rings is 1. The maximum absolute atomic E-state index is 5.55. The topological polar surface area (TPSA) is 9.23 Å². The Morgan fingerprint density at radius 3 is 3.00 bits per heavy atom. The number of allylic oxidation sites excluding steroid dienone is 1. The highest BCUT2D eigenvalue weighted by Crippen LogP contribution is 2.31. The van der Waals surface area contributed by atoms with E-state index in [0.29, 0.717) is 0 Å². The molecule has 1 aromatic carbocycles. The predicted octanol–water partition coefficient (Wildman–Crippen LogP) is 4.38. The Hall–Kier alpha value is -0.160. The third-order valence-electron chi connectivity index (χ3n) is 2.38. The van der Waals surface area contributed by atoms with Crippen molar-refractivity contribution >= 4 is 36.2 Å². The monoisotopic (exact) mass is 318 g/mol. The molecule has 14 heavy (non-hydrogen) atoms. The van der Waals surface area contributed by atoms with Gasteiger partial charge in [0.1, 0.15) is 15.0 Å². The van der Waals surface area contributed by atoms with E-state index >= 15 is 0 Å². The molecular formula is C11H11IOS. The summed E-state index contributed by atoms with van der Waals surface area (Å²) < 4.78 is 5.55. The van der Waals surface area contributed by atoms with Gasteiger partial charge in [-0.05, 0) is 30.9 Å². The number of rotatable bonds is 2. The normalized spacial score (nSPS) is 15.4. The van der Waals surface area contributed by atoms with Crippen LogP contribution in [0.15, 0.2) is 30.3 Å². The van der Waals surface area contributed by atoms with Crippen LogP contribution in [-0.2, 0) is 10.6 Å². The number of fused-ring (bicyclic) bond motifs is 1. The molecule has 0 unspecified atom stereocenters. The molecule has 3 heteroatoms. The quantitative estimate of drug-likeness (QED) is 0.591. The first kappa shape index (κ1) is 10.4. The van der Waals surface area contributed by atoms with Crippen molar-refractivity contribution in [2.24, 2.45) is 0 Å². The molecule has 0 aromatic heterocycles. The van der Waals surface area contributed by atoms with Crippen LogP contribution in [0.2, 0.25) is 0 Å². The SMILES string of the molecule is ISOC1=CCCCc2ccccc21. The smallest absolute Gasteiger partial charge is 0.142 e. The summed E-state index contributed by atoms with van der Waals surface area (Å²) in [5.41, 5.74) is 2.66. The lowest BCUT2D eigenvalue weighted by molar-refractivity contribution is 0.612. The minimum Gasteiger partial charge on any atom is -0.415 e. The van der Waals surface area contributed by atoms with Gasteiger partial charge in [-0.2, -0.15) is 0 Å². The molecule has 0 saturated carbocycles. The molecule has 74 valence electrons. The van der Waals surface area contributed by atoms with E-state index in [1.54, 1.807) is 0 Å². The number of halogens is 1. The molecular weight excluding hydrogens is 307 g/mol. The summed E-state index contributed by atoms with van der Waals surface area (Å²) in [6, 6.07) is 8.49. The van der Waals surface area contributed by atoms with Crippen LogP contribution < -0.4 is 0 Å². The van der Waals surface area contributed by atoms with E-state index in [9.17, 15) is 0 Å². The van der Waals surface area contributed by atoms with Crippen molar-refractivity contribution in [2.75, 3.05) is 0 Å². The highest BCUT2D eigenvalue weighted by atomic mass is 127. The van der Waals surface area contributed by atoms with Crippen LogP contribution in [0.4, 0.5) is 0 Å². The Labute approximate surface area is 101 Å². The Kier molecular flexibility index (Phi) is 3.75. The van der Waals surface area contributed by atoms with Crippen LogP contribution in [0.25, 0.3) is 5.76 Å². The van der Waals surface area contributed by atoms with Gasteiger partial charge in [0.05, 0.1) is 0 Å². The fraction of sp³-hybridized carbons (Fsp3) is 0.273. The zero-order valence-electron chi connectivity index (χ0n) is 7.70. The van der Waals surface area contributed by atoms with Crippen LogP contribution in [0.5, 0.6) is 0 Å². The van der Waals surface area contributed by atoms with Gasteiger partial charge in [-0.25, -0.2) is 0 Å². The maximum Gasteiger partial charge on any atom is 0.142 e. The van der Waals surface area contributed by atoms with Crippen LogP contribution >= 0.6 is 30.4 Å². The molecule has 0 spiro atoms. The van der Waals surface area contributed by atoms with Crippen LogP contribution in [-0.4, -0.2) is 0 Å². The highest BCUT2D eigenvalue weighted by Gasteiger charge is 2.11. The Bertz CT molecular complexity index is 349. The van der Waals surface area contributed by atoms with E-state index in [1.807, 2.05) is 0 Å². The average Bonchev–Trinajstić information content (AvgIpc) is 2.42. The maximum atomic E-state index is 5.55. The van der Waals surface area contributed by atoms with E-state index in [1.165, 1.54) is 26.8 Å². The fourth-order valence-electron chi connectivity index (χ4n) is 1.73. The van der Waals surface area contributed by atoms with Gasteiger partial charge in [0.15, 0.2) is 0 Å². The lowest BCUT2D eigenvalue weighted by atomic mass is 10.0. The van der Waals surface area contributed by atoms with E-state index < -0.39 is 0 Å². The highest BCUT2D eigenvalue weighted by molar-refractivity contribution is 14.2. The minimum absolute atomic E-state index is 1.03. The first-order chi connectivity index (χ1) is 6.92. The molecule has 1 aliphatic carbocycles. The summed E-state index contributed by atoms with van der Waals surface area (Å²) in [4.78, 5) is 0. The van der Waals surface area contributed by atoms with Crippen molar-refractivity contribution < 1.29 is 4.18 Å². The van der Waals surface area contributed by atoms with Crippen molar-refractivity contribution in [3.05, 3.63) is 41.5 Å². The molecule has 1 aliphatic rings. The van der Waals surface area contributed by atoms with Crippen molar-refractivity contribution in [3.63, 3.8) is 0 Å². The van der Waals surface area contributed by atoms with Gasteiger partial charge in [0, 0.05) is 26.8 Å².